The number of benzene rings is 2. The molecule has 0 heterocycles. The van der Waals surface area contributed by atoms with Crippen molar-refractivity contribution in [2.75, 3.05) is 13.7 Å². The fraction of sp³-hybridized carbons (Fsp3) is 0.176. The maximum atomic E-state index is 9.51. The van der Waals surface area contributed by atoms with E-state index in [2.05, 4.69) is 23.5 Å². The van der Waals surface area contributed by atoms with Crippen LogP contribution in [0.15, 0.2) is 54.6 Å². The maximum Gasteiger partial charge on any atom is 0.161 e. The number of hydrogen-bond acceptors (Lipinski definition) is 3. The van der Waals surface area contributed by atoms with Gasteiger partial charge in [-0.15, -0.1) is 0 Å². The summed E-state index contributed by atoms with van der Waals surface area (Å²) in [5, 5.41) is 12.9. The minimum Gasteiger partial charge on any atom is -0.504 e. The molecule has 0 bridgehead atoms. The normalized spacial score (nSPS) is 10.8. The first-order chi connectivity index (χ1) is 9.79. The average molecular weight is 269 g/mol. The van der Waals surface area contributed by atoms with E-state index in [1.165, 1.54) is 5.56 Å². The Kier molecular flexibility index (Phi) is 5.21. The summed E-state index contributed by atoms with van der Waals surface area (Å²) in [6.45, 7) is 1.64. The Morgan fingerprint density at radius 3 is 2.70 bits per heavy atom. The van der Waals surface area contributed by atoms with Gasteiger partial charge in [0.25, 0.3) is 0 Å². The highest BCUT2D eigenvalue weighted by Crippen LogP contribution is 2.26. The van der Waals surface area contributed by atoms with E-state index < -0.39 is 0 Å². The molecule has 2 aromatic rings. The Hall–Kier alpha value is -2.26. The standard InChI is InChI=1S/C17H19NO2/c1-20-17-12-14(9-10-16(17)19)8-5-11-18-13-15-6-3-2-4-7-15/h2-10,12,18-19H,11,13H2,1H3/b8-5+. The van der Waals surface area contributed by atoms with E-state index in [1.807, 2.05) is 36.4 Å². The molecule has 0 atom stereocenters. The van der Waals surface area contributed by atoms with Crippen molar-refractivity contribution in [3.05, 3.63) is 65.7 Å². The van der Waals surface area contributed by atoms with E-state index in [-0.39, 0.29) is 5.75 Å². The summed E-state index contributed by atoms with van der Waals surface area (Å²) in [7, 11) is 1.55. The quantitative estimate of drug-likeness (QED) is 0.791. The summed E-state index contributed by atoms with van der Waals surface area (Å²) < 4.78 is 5.07. The van der Waals surface area contributed by atoms with Crippen LogP contribution < -0.4 is 10.1 Å². The maximum absolute atomic E-state index is 9.51. The first-order valence-corrected chi connectivity index (χ1v) is 6.58. The molecule has 20 heavy (non-hydrogen) atoms. The summed E-state index contributed by atoms with van der Waals surface area (Å²) in [4.78, 5) is 0. The van der Waals surface area contributed by atoms with E-state index in [0.29, 0.717) is 5.75 Å². The lowest BCUT2D eigenvalue weighted by molar-refractivity contribution is 0.373. The van der Waals surface area contributed by atoms with Gasteiger partial charge < -0.3 is 15.2 Å². The molecule has 2 rings (SSSR count). The van der Waals surface area contributed by atoms with Gasteiger partial charge in [0.15, 0.2) is 11.5 Å². The largest absolute Gasteiger partial charge is 0.504 e. The fourth-order valence-electron chi connectivity index (χ4n) is 1.89. The lowest BCUT2D eigenvalue weighted by atomic mass is 10.2. The minimum absolute atomic E-state index is 0.159. The van der Waals surface area contributed by atoms with Gasteiger partial charge in [0.2, 0.25) is 0 Å². The first kappa shape index (κ1) is 14.2. The van der Waals surface area contributed by atoms with Crippen molar-refractivity contribution in [1.82, 2.24) is 5.32 Å². The van der Waals surface area contributed by atoms with Crippen LogP contribution >= 0.6 is 0 Å². The van der Waals surface area contributed by atoms with Gasteiger partial charge in [-0.3, -0.25) is 0 Å². The molecule has 0 unspecified atom stereocenters. The Balaban J connectivity index is 1.82. The van der Waals surface area contributed by atoms with Gasteiger partial charge in [-0.1, -0.05) is 48.6 Å². The SMILES string of the molecule is COc1cc(/C=C/CNCc2ccccc2)ccc1O. The molecule has 0 aliphatic carbocycles. The van der Waals surface area contributed by atoms with Crippen LogP contribution in [0.1, 0.15) is 11.1 Å². The third kappa shape index (κ3) is 4.14. The highest BCUT2D eigenvalue weighted by atomic mass is 16.5. The number of nitrogens with one attached hydrogen (secondary N) is 1. The van der Waals surface area contributed by atoms with Crippen molar-refractivity contribution in [2.45, 2.75) is 6.54 Å². The molecule has 0 fully saturated rings. The van der Waals surface area contributed by atoms with Crippen LogP contribution in [-0.4, -0.2) is 18.8 Å². The molecule has 104 valence electrons. The summed E-state index contributed by atoms with van der Waals surface area (Å²) in [6, 6.07) is 15.6. The van der Waals surface area contributed by atoms with Crippen LogP contribution in [0.25, 0.3) is 6.08 Å². The minimum atomic E-state index is 0.159. The third-order valence-corrected chi connectivity index (χ3v) is 2.95. The molecule has 0 saturated carbocycles. The summed E-state index contributed by atoms with van der Waals surface area (Å²) in [5.41, 5.74) is 2.27. The predicted octanol–water partition coefficient (Wildman–Crippen LogP) is 3.20. The molecule has 0 aliphatic rings. The smallest absolute Gasteiger partial charge is 0.161 e. The molecule has 0 spiro atoms. The van der Waals surface area contributed by atoms with Crippen LogP contribution in [0.3, 0.4) is 0 Å². The zero-order valence-corrected chi connectivity index (χ0v) is 11.5. The fourth-order valence-corrected chi connectivity index (χ4v) is 1.89. The van der Waals surface area contributed by atoms with Gasteiger partial charge in [0.1, 0.15) is 0 Å². The van der Waals surface area contributed by atoms with Crippen molar-refractivity contribution in [1.29, 1.82) is 0 Å². The second-order valence-electron chi connectivity index (χ2n) is 4.45. The predicted molar refractivity (Wildman–Crippen MR) is 81.8 cm³/mol. The van der Waals surface area contributed by atoms with Crippen LogP contribution in [-0.2, 0) is 6.54 Å². The zero-order chi connectivity index (χ0) is 14.2. The topological polar surface area (TPSA) is 41.5 Å². The van der Waals surface area contributed by atoms with Gasteiger partial charge in [-0.2, -0.15) is 0 Å². The number of rotatable bonds is 6. The third-order valence-electron chi connectivity index (χ3n) is 2.95. The Bertz CT molecular complexity index is 564. The van der Waals surface area contributed by atoms with Crippen LogP contribution in [0.4, 0.5) is 0 Å². The highest BCUT2D eigenvalue weighted by Gasteiger charge is 1.99. The van der Waals surface area contributed by atoms with E-state index in [1.54, 1.807) is 13.2 Å². The monoisotopic (exact) mass is 269 g/mol. The number of phenolic OH excluding ortho intramolecular Hbond substituents is 1. The molecule has 0 radical (unpaired) electrons. The lowest BCUT2D eigenvalue weighted by Gasteiger charge is -2.04. The Labute approximate surface area is 119 Å². The number of aromatic hydroxyl groups is 1. The molecule has 0 saturated heterocycles. The summed E-state index contributed by atoms with van der Waals surface area (Å²) in [5.74, 6) is 0.649. The van der Waals surface area contributed by atoms with Gasteiger partial charge in [0, 0.05) is 13.1 Å². The number of methoxy groups -OCH3 is 1. The highest BCUT2D eigenvalue weighted by molar-refractivity contribution is 5.55. The van der Waals surface area contributed by atoms with Crippen molar-refractivity contribution in [3.63, 3.8) is 0 Å². The molecular weight excluding hydrogens is 250 g/mol. The number of hydrogen-bond donors (Lipinski definition) is 2. The molecule has 3 nitrogen and oxygen atoms in total. The molecule has 2 aromatic carbocycles. The summed E-state index contributed by atoms with van der Waals surface area (Å²) >= 11 is 0. The van der Waals surface area contributed by atoms with Crippen molar-refractivity contribution >= 4 is 6.08 Å². The average Bonchev–Trinajstić information content (AvgIpc) is 2.49. The van der Waals surface area contributed by atoms with Crippen molar-refractivity contribution in [3.8, 4) is 11.5 Å². The van der Waals surface area contributed by atoms with E-state index in [9.17, 15) is 5.11 Å². The first-order valence-electron chi connectivity index (χ1n) is 6.58. The molecular formula is C17H19NO2. The molecule has 0 amide bonds. The zero-order valence-electron chi connectivity index (χ0n) is 11.5. The summed E-state index contributed by atoms with van der Waals surface area (Å²) in [6.07, 6.45) is 4.05. The van der Waals surface area contributed by atoms with Gasteiger partial charge in [0.05, 0.1) is 7.11 Å². The van der Waals surface area contributed by atoms with Gasteiger partial charge in [-0.05, 0) is 23.3 Å². The Morgan fingerprint density at radius 2 is 1.95 bits per heavy atom. The van der Waals surface area contributed by atoms with Crippen LogP contribution in [0.5, 0.6) is 11.5 Å². The second-order valence-corrected chi connectivity index (χ2v) is 4.45. The van der Waals surface area contributed by atoms with Gasteiger partial charge in [-0.25, -0.2) is 0 Å². The van der Waals surface area contributed by atoms with E-state index in [4.69, 9.17) is 4.74 Å². The Morgan fingerprint density at radius 1 is 1.15 bits per heavy atom. The lowest BCUT2D eigenvalue weighted by Crippen LogP contribution is -2.12. The van der Waals surface area contributed by atoms with Gasteiger partial charge >= 0.3 is 0 Å². The molecule has 3 heteroatoms. The molecule has 0 aliphatic heterocycles. The number of phenols is 1. The van der Waals surface area contributed by atoms with Crippen molar-refractivity contribution < 1.29 is 9.84 Å². The van der Waals surface area contributed by atoms with Crippen LogP contribution in [0.2, 0.25) is 0 Å². The van der Waals surface area contributed by atoms with E-state index >= 15 is 0 Å². The molecule has 2 N–H and O–H groups in total. The molecule has 0 aromatic heterocycles. The number of ether oxygens (including phenoxy) is 1. The van der Waals surface area contributed by atoms with Crippen molar-refractivity contribution in [2.24, 2.45) is 0 Å². The second kappa shape index (κ2) is 7.36. The van der Waals surface area contributed by atoms with Crippen LogP contribution in [0, 0.1) is 0 Å². The van der Waals surface area contributed by atoms with E-state index in [0.717, 1.165) is 18.7 Å².